The van der Waals surface area contributed by atoms with E-state index in [2.05, 4.69) is 16.2 Å². The number of benzene rings is 1. The maximum atomic E-state index is 12.6. The SMILES string of the molecule is COC[C@H](C)NC(=O)c1ccc(S(=O)(=O)N(C)CC2CCNN2)cc1. The second-order valence-corrected chi connectivity index (χ2v) is 8.24. The van der Waals surface area contributed by atoms with Crippen molar-refractivity contribution >= 4 is 15.9 Å². The van der Waals surface area contributed by atoms with E-state index >= 15 is 0 Å². The number of sulfonamides is 1. The fourth-order valence-electron chi connectivity index (χ4n) is 2.64. The van der Waals surface area contributed by atoms with Gasteiger partial charge in [0.05, 0.1) is 11.5 Å². The van der Waals surface area contributed by atoms with E-state index < -0.39 is 10.0 Å². The molecule has 1 unspecified atom stereocenters. The third kappa shape index (κ3) is 5.23. The quantitative estimate of drug-likeness (QED) is 0.593. The Morgan fingerprint density at radius 1 is 1.40 bits per heavy atom. The molecule has 1 aromatic rings. The first-order valence-electron chi connectivity index (χ1n) is 8.19. The zero-order valence-electron chi connectivity index (χ0n) is 14.8. The number of ether oxygens (including phenoxy) is 1. The fraction of sp³-hybridized carbons (Fsp3) is 0.562. The fourth-order valence-corrected chi connectivity index (χ4v) is 3.85. The van der Waals surface area contributed by atoms with Gasteiger partial charge in [-0.05, 0) is 37.6 Å². The molecular formula is C16H26N4O4S. The zero-order chi connectivity index (χ0) is 18.4. The summed E-state index contributed by atoms with van der Waals surface area (Å²) in [6, 6.07) is 5.92. The third-order valence-electron chi connectivity index (χ3n) is 4.02. The number of hydrazine groups is 1. The molecule has 0 aromatic heterocycles. The number of nitrogens with zero attached hydrogens (tertiary/aromatic N) is 1. The van der Waals surface area contributed by atoms with Gasteiger partial charge in [0.1, 0.15) is 0 Å². The van der Waals surface area contributed by atoms with E-state index in [9.17, 15) is 13.2 Å². The van der Waals surface area contributed by atoms with Gasteiger partial charge in [-0.3, -0.25) is 15.6 Å². The normalized spacial score (nSPS) is 19.1. The minimum atomic E-state index is -3.59. The highest BCUT2D eigenvalue weighted by Gasteiger charge is 2.25. The Morgan fingerprint density at radius 2 is 2.08 bits per heavy atom. The van der Waals surface area contributed by atoms with Gasteiger partial charge in [0.15, 0.2) is 0 Å². The molecule has 1 amide bonds. The number of carbonyl (C=O) groups is 1. The molecule has 25 heavy (non-hydrogen) atoms. The van der Waals surface area contributed by atoms with E-state index in [1.807, 2.05) is 6.92 Å². The lowest BCUT2D eigenvalue weighted by Gasteiger charge is -2.20. The van der Waals surface area contributed by atoms with E-state index in [4.69, 9.17) is 4.74 Å². The number of methoxy groups -OCH3 is 1. The topological polar surface area (TPSA) is 99.8 Å². The third-order valence-corrected chi connectivity index (χ3v) is 5.86. The van der Waals surface area contributed by atoms with E-state index in [0.29, 0.717) is 18.7 Å². The summed E-state index contributed by atoms with van der Waals surface area (Å²) in [4.78, 5) is 12.3. The van der Waals surface area contributed by atoms with Crippen LogP contribution in [0.4, 0.5) is 0 Å². The number of hydrogen-bond donors (Lipinski definition) is 3. The lowest BCUT2D eigenvalue weighted by molar-refractivity contribution is 0.0905. The van der Waals surface area contributed by atoms with Gasteiger partial charge in [-0.15, -0.1) is 0 Å². The number of carbonyl (C=O) groups excluding carboxylic acids is 1. The molecule has 1 aliphatic rings. The van der Waals surface area contributed by atoms with Gasteiger partial charge in [-0.1, -0.05) is 0 Å². The minimum Gasteiger partial charge on any atom is -0.383 e. The van der Waals surface area contributed by atoms with Crippen LogP contribution in [0.25, 0.3) is 0 Å². The Hall–Kier alpha value is -1.52. The number of hydrogen-bond acceptors (Lipinski definition) is 6. The van der Waals surface area contributed by atoms with Crippen LogP contribution in [0.3, 0.4) is 0 Å². The second kappa shape index (κ2) is 8.72. The number of nitrogens with one attached hydrogen (secondary N) is 3. The molecule has 1 aromatic carbocycles. The van der Waals surface area contributed by atoms with Crippen LogP contribution in [0.15, 0.2) is 29.2 Å². The molecule has 2 rings (SSSR count). The molecule has 1 fully saturated rings. The van der Waals surface area contributed by atoms with Crippen molar-refractivity contribution in [1.82, 2.24) is 20.5 Å². The van der Waals surface area contributed by atoms with Crippen molar-refractivity contribution in [2.75, 3.05) is 33.9 Å². The molecule has 0 bridgehead atoms. The maximum Gasteiger partial charge on any atom is 0.251 e. The van der Waals surface area contributed by atoms with Gasteiger partial charge in [-0.25, -0.2) is 8.42 Å². The van der Waals surface area contributed by atoms with Crippen LogP contribution in [0, 0.1) is 0 Å². The highest BCUT2D eigenvalue weighted by Crippen LogP contribution is 2.16. The summed E-state index contributed by atoms with van der Waals surface area (Å²) < 4.78 is 31.6. The van der Waals surface area contributed by atoms with E-state index in [1.165, 1.54) is 28.6 Å². The van der Waals surface area contributed by atoms with Crippen molar-refractivity contribution in [2.45, 2.75) is 30.3 Å². The van der Waals surface area contributed by atoms with E-state index in [0.717, 1.165) is 13.0 Å². The molecule has 0 aliphatic carbocycles. The highest BCUT2D eigenvalue weighted by atomic mass is 32.2. The van der Waals surface area contributed by atoms with Crippen molar-refractivity contribution in [3.8, 4) is 0 Å². The van der Waals surface area contributed by atoms with Gasteiger partial charge in [0, 0.05) is 44.9 Å². The standard InChI is InChI=1S/C16H26N4O4S/c1-12(11-24-3)18-16(21)13-4-6-15(7-5-13)25(22,23)20(2)10-14-8-9-17-19-14/h4-7,12,14,17,19H,8-11H2,1-3H3,(H,18,21)/t12-,14?/m0/s1. The van der Waals surface area contributed by atoms with Crippen molar-refractivity contribution in [3.63, 3.8) is 0 Å². The lowest BCUT2D eigenvalue weighted by Crippen LogP contribution is -2.41. The van der Waals surface area contributed by atoms with Crippen molar-refractivity contribution in [2.24, 2.45) is 0 Å². The largest absolute Gasteiger partial charge is 0.383 e. The van der Waals surface area contributed by atoms with Crippen LogP contribution < -0.4 is 16.2 Å². The number of rotatable bonds is 8. The Morgan fingerprint density at radius 3 is 2.64 bits per heavy atom. The van der Waals surface area contributed by atoms with Crippen LogP contribution in [0.2, 0.25) is 0 Å². The molecule has 0 radical (unpaired) electrons. The van der Waals surface area contributed by atoms with Gasteiger partial charge in [-0.2, -0.15) is 4.31 Å². The first-order valence-corrected chi connectivity index (χ1v) is 9.63. The Kier molecular flexibility index (Phi) is 6.91. The van der Waals surface area contributed by atoms with Crippen LogP contribution >= 0.6 is 0 Å². The van der Waals surface area contributed by atoms with Crippen LogP contribution in [-0.4, -0.2) is 64.6 Å². The molecule has 1 aliphatic heterocycles. The lowest BCUT2D eigenvalue weighted by atomic mass is 10.2. The summed E-state index contributed by atoms with van der Waals surface area (Å²) in [5.74, 6) is -0.261. The zero-order valence-corrected chi connectivity index (χ0v) is 15.6. The molecule has 0 saturated carbocycles. The second-order valence-electron chi connectivity index (χ2n) is 6.20. The average Bonchev–Trinajstić information content (AvgIpc) is 3.08. The highest BCUT2D eigenvalue weighted by molar-refractivity contribution is 7.89. The first-order chi connectivity index (χ1) is 11.8. The Bertz CT molecular complexity index is 672. The van der Waals surface area contributed by atoms with Crippen LogP contribution in [0.5, 0.6) is 0 Å². The van der Waals surface area contributed by atoms with Crippen LogP contribution in [0.1, 0.15) is 23.7 Å². The summed E-state index contributed by atoms with van der Waals surface area (Å²) in [5.41, 5.74) is 6.44. The number of amides is 1. The van der Waals surface area contributed by atoms with Crippen molar-refractivity contribution in [1.29, 1.82) is 0 Å². The summed E-state index contributed by atoms with van der Waals surface area (Å²) in [6.45, 7) is 3.45. The summed E-state index contributed by atoms with van der Waals surface area (Å²) in [7, 11) is -0.463. The number of likely N-dealkylation sites (N-methyl/N-ethyl adjacent to an activating group) is 1. The summed E-state index contributed by atoms with van der Waals surface area (Å²) in [6.07, 6.45) is 0.874. The van der Waals surface area contributed by atoms with Gasteiger partial charge < -0.3 is 10.1 Å². The van der Waals surface area contributed by atoms with Crippen molar-refractivity contribution < 1.29 is 17.9 Å². The van der Waals surface area contributed by atoms with Gasteiger partial charge in [0.2, 0.25) is 10.0 Å². The Balaban J connectivity index is 2.03. The molecule has 9 heteroatoms. The minimum absolute atomic E-state index is 0.0899. The van der Waals surface area contributed by atoms with Gasteiger partial charge >= 0.3 is 0 Å². The van der Waals surface area contributed by atoms with Gasteiger partial charge in [0.25, 0.3) is 5.91 Å². The summed E-state index contributed by atoms with van der Waals surface area (Å²) >= 11 is 0. The van der Waals surface area contributed by atoms with E-state index in [-0.39, 0.29) is 22.9 Å². The molecule has 1 saturated heterocycles. The molecule has 1 heterocycles. The predicted octanol–water partition coefficient (Wildman–Crippen LogP) is -0.0617. The monoisotopic (exact) mass is 370 g/mol. The molecule has 140 valence electrons. The molecular weight excluding hydrogens is 344 g/mol. The van der Waals surface area contributed by atoms with Crippen LogP contribution in [-0.2, 0) is 14.8 Å². The van der Waals surface area contributed by atoms with Crippen molar-refractivity contribution in [3.05, 3.63) is 29.8 Å². The maximum absolute atomic E-state index is 12.6. The molecule has 3 N–H and O–H groups in total. The first kappa shape index (κ1) is 19.8. The molecule has 0 spiro atoms. The summed E-state index contributed by atoms with van der Waals surface area (Å²) in [5, 5.41) is 2.79. The average molecular weight is 370 g/mol. The smallest absolute Gasteiger partial charge is 0.251 e. The Labute approximate surface area is 148 Å². The van der Waals surface area contributed by atoms with E-state index in [1.54, 1.807) is 14.2 Å². The molecule has 8 nitrogen and oxygen atoms in total. The molecule has 2 atom stereocenters. The predicted molar refractivity (Wildman–Crippen MR) is 94.6 cm³/mol.